The third-order valence-corrected chi connectivity index (χ3v) is 6.03. The van der Waals surface area contributed by atoms with Gasteiger partial charge in [0.2, 0.25) is 11.8 Å². The van der Waals surface area contributed by atoms with E-state index in [1.807, 2.05) is 37.4 Å². The maximum absolute atomic E-state index is 13.3. The minimum Gasteiger partial charge on any atom is -0.462 e. The van der Waals surface area contributed by atoms with Gasteiger partial charge in [-0.2, -0.15) is 0 Å². The van der Waals surface area contributed by atoms with Gasteiger partial charge in [-0.15, -0.1) is 11.3 Å². The van der Waals surface area contributed by atoms with Crippen LogP contribution in [0.15, 0.2) is 47.8 Å². The smallest absolute Gasteiger partial charge is 0.341 e. The van der Waals surface area contributed by atoms with Gasteiger partial charge in [0, 0.05) is 16.6 Å². The number of nitrogens with one attached hydrogen (secondary N) is 2. The molecule has 0 bridgehead atoms. The summed E-state index contributed by atoms with van der Waals surface area (Å²) >= 11 is 1.24. The average Bonchev–Trinajstić information content (AvgIpc) is 3.16. The van der Waals surface area contributed by atoms with Gasteiger partial charge in [-0.25, -0.2) is 9.18 Å². The predicted octanol–water partition coefficient (Wildman–Crippen LogP) is 4.86. The molecule has 0 saturated carbocycles. The highest BCUT2D eigenvalue weighted by atomic mass is 32.1. The lowest BCUT2D eigenvalue weighted by Gasteiger charge is -2.16. The molecule has 2 N–H and O–H groups in total. The van der Waals surface area contributed by atoms with Crippen molar-refractivity contribution in [2.24, 2.45) is 0 Å². The van der Waals surface area contributed by atoms with E-state index in [0.717, 1.165) is 16.7 Å². The Morgan fingerprint density at radius 2 is 1.71 bits per heavy atom. The third kappa shape index (κ3) is 6.97. The van der Waals surface area contributed by atoms with Crippen LogP contribution < -0.4 is 10.6 Å². The minimum atomic E-state index is -0.512. The zero-order valence-electron chi connectivity index (χ0n) is 20.1. The molecule has 3 aromatic rings. The van der Waals surface area contributed by atoms with E-state index >= 15 is 0 Å². The molecule has 0 aliphatic rings. The van der Waals surface area contributed by atoms with Gasteiger partial charge in [0.05, 0.1) is 19.7 Å². The zero-order valence-corrected chi connectivity index (χ0v) is 20.9. The van der Waals surface area contributed by atoms with Crippen molar-refractivity contribution in [1.29, 1.82) is 0 Å². The van der Waals surface area contributed by atoms with E-state index in [0.29, 0.717) is 21.8 Å². The summed E-state index contributed by atoms with van der Waals surface area (Å²) in [5, 5.41) is 7.60. The summed E-state index contributed by atoms with van der Waals surface area (Å²) in [5.74, 6) is -1.73. The summed E-state index contributed by atoms with van der Waals surface area (Å²) in [4.78, 5) is 39.3. The first-order chi connectivity index (χ1) is 16.7. The van der Waals surface area contributed by atoms with Crippen LogP contribution in [-0.4, -0.2) is 49.4 Å². The first-order valence-electron chi connectivity index (χ1n) is 11.1. The van der Waals surface area contributed by atoms with Crippen LogP contribution in [0.5, 0.6) is 0 Å². The molecule has 0 saturated heterocycles. The van der Waals surface area contributed by atoms with E-state index in [4.69, 9.17) is 4.74 Å². The maximum Gasteiger partial charge on any atom is 0.341 e. The Morgan fingerprint density at radius 3 is 2.37 bits per heavy atom. The fraction of sp³-hybridized carbons (Fsp3) is 0.269. The minimum absolute atomic E-state index is 0.0765. The highest BCUT2D eigenvalue weighted by Crippen LogP contribution is 2.37. The Kier molecular flexibility index (Phi) is 8.73. The van der Waals surface area contributed by atoms with Gasteiger partial charge in [-0.05, 0) is 57.1 Å². The fourth-order valence-corrected chi connectivity index (χ4v) is 4.61. The molecule has 0 aliphatic heterocycles. The van der Waals surface area contributed by atoms with Crippen LogP contribution in [-0.2, 0) is 14.3 Å². The summed E-state index contributed by atoms with van der Waals surface area (Å²) in [5.41, 5.74) is 4.35. The lowest BCUT2D eigenvalue weighted by atomic mass is 9.97. The second kappa shape index (κ2) is 11.7. The Balaban J connectivity index is 1.70. The van der Waals surface area contributed by atoms with Crippen molar-refractivity contribution < 1.29 is 23.5 Å². The zero-order chi connectivity index (χ0) is 25.5. The summed E-state index contributed by atoms with van der Waals surface area (Å²) in [7, 11) is 1.62. The van der Waals surface area contributed by atoms with Crippen molar-refractivity contribution in [3.05, 3.63) is 70.4 Å². The molecule has 0 atom stereocenters. The summed E-state index contributed by atoms with van der Waals surface area (Å²) in [6, 6.07) is 11.5. The lowest BCUT2D eigenvalue weighted by molar-refractivity contribution is -0.119. The number of rotatable bonds is 9. The molecular weight excluding hydrogens is 469 g/mol. The molecule has 0 aliphatic carbocycles. The number of aryl methyl sites for hydroxylation is 2. The molecule has 0 unspecified atom stereocenters. The standard InChI is InChI=1S/C26H28FN3O4S/c1-5-34-26(33)24-21(20-10-9-16(2)11-17(20)3)15-35-25(24)29-23(32)14-30(4)13-22(31)28-19-8-6-7-18(27)12-19/h6-12,15H,5,13-14H2,1-4H3,(H,28,31)(H,29,32). The van der Waals surface area contributed by atoms with Crippen LogP contribution in [0.1, 0.15) is 28.4 Å². The fourth-order valence-electron chi connectivity index (χ4n) is 3.65. The van der Waals surface area contributed by atoms with Gasteiger partial charge in [0.15, 0.2) is 0 Å². The van der Waals surface area contributed by atoms with Crippen molar-refractivity contribution >= 4 is 39.8 Å². The number of nitrogens with zero attached hydrogens (tertiary/aromatic N) is 1. The highest BCUT2D eigenvalue weighted by Gasteiger charge is 2.24. The summed E-state index contributed by atoms with van der Waals surface area (Å²) in [6.07, 6.45) is 0. The van der Waals surface area contributed by atoms with Crippen LogP contribution in [0, 0.1) is 19.7 Å². The number of ether oxygens (including phenoxy) is 1. The normalized spacial score (nSPS) is 10.8. The Morgan fingerprint density at radius 1 is 1.00 bits per heavy atom. The van der Waals surface area contributed by atoms with Gasteiger partial charge in [-0.3, -0.25) is 14.5 Å². The maximum atomic E-state index is 13.3. The topological polar surface area (TPSA) is 87.7 Å². The van der Waals surface area contributed by atoms with Gasteiger partial charge in [-0.1, -0.05) is 29.8 Å². The molecule has 2 amide bonds. The Labute approximate surface area is 207 Å². The molecule has 35 heavy (non-hydrogen) atoms. The molecule has 7 nitrogen and oxygen atoms in total. The third-order valence-electron chi connectivity index (χ3n) is 5.13. The number of esters is 1. The number of hydrogen-bond acceptors (Lipinski definition) is 6. The number of halogens is 1. The molecule has 184 valence electrons. The summed E-state index contributed by atoms with van der Waals surface area (Å²) in [6.45, 7) is 5.73. The van der Waals surface area contributed by atoms with Crippen LogP contribution in [0.2, 0.25) is 0 Å². The SMILES string of the molecule is CCOC(=O)c1c(-c2ccc(C)cc2C)csc1NC(=O)CN(C)CC(=O)Nc1cccc(F)c1. The van der Waals surface area contributed by atoms with Crippen LogP contribution in [0.4, 0.5) is 15.1 Å². The van der Waals surface area contributed by atoms with Gasteiger partial charge >= 0.3 is 5.97 Å². The van der Waals surface area contributed by atoms with E-state index in [-0.39, 0.29) is 31.5 Å². The van der Waals surface area contributed by atoms with E-state index in [2.05, 4.69) is 10.6 Å². The molecule has 9 heteroatoms. The Bertz CT molecular complexity index is 1240. The van der Waals surface area contributed by atoms with E-state index in [1.54, 1.807) is 20.0 Å². The van der Waals surface area contributed by atoms with Crippen LogP contribution >= 0.6 is 11.3 Å². The molecular formula is C26H28FN3O4S. The largest absolute Gasteiger partial charge is 0.462 e. The van der Waals surface area contributed by atoms with E-state index in [1.165, 1.54) is 34.4 Å². The molecule has 3 rings (SSSR count). The van der Waals surface area contributed by atoms with Crippen molar-refractivity contribution in [3.8, 4) is 11.1 Å². The van der Waals surface area contributed by atoms with Gasteiger partial charge in [0.1, 0.15) is 16.4 Å². The number of hydrogen-bond donors (Lipinski definition) is 2. The number of carbonyl (C=O) groups is 3. The number of likely N-dealkylation sites (N-methyl/N-ethyl adjacent to an activating group) is 1. The lowest BCUT2D eigenvalue weighted by Crippen LogP contribution is -2.36. The van der Waals surface area contributed by atoms with Crippen molar-refractivity contribution in [1.82, 2.24) is 4.90 Å². The van der Waals surface area contributed by atoms with Gasteiger partial charge in [0.25, 0.3) is 0 Å². The van der Waals surface area contributed by atoms with Crippen molar-refractivity contribution in [2.75, 3.05) is 37.4 Å². The quantitative estimate of drug-likeness (QED) is 0.413. The molecule has 2 aromatic carbocycles. The van der Waals surface area contributed by atoms with Crippen LogP contribution in [0.25, 0.3) is 11.1 Å². The van der Waals surface area contributed by atoms with E-state index < -0.39 is 11.8 Å². The molecule has 1 aromatic heterocycles. The van der Waals surface area contributed by atoms with Crippen molar-refractivity contribution in [2.45, 2.75) is 20.8 Å². The first kappa shape index (κ1) is 26.1. The second-order valence-electron chi connectivity index (χ2n) is 8.17. The Hall–Kier alpha value is -3.56. The number of thiophene rings is 1. The molecule has 0 spiro atoms. The second-order valence-corrected chi connectivity index (χ2v) is 9.05. The number of anilines is 2. The highest BCUT2D eigenvalue weighted by molar-refractivity contribution is 7.15. The number of benzene rings is 2. The van der Waals surface area contributed by atoms with Crippen molar-refractivity contribution in [3.63, 3.8) is 0 Å². The number of carbonyl (C=O) groups excluding carboxylic acids is 3. The van der Waals surface area contributed by atoms with Crippen LogP contribution in [0.3, 0.4) is 0 Å². The van der Waals surface area contributed by atoms with Gasteiger partial charge < -0.3 is 15.4 Å². The monoisotopic (exact) mass is 497 g/mol. The molecule has 0 radical (unpaired) electrons. The molecule has 1 heterocycles. The summed E-state index contributed by atoms with van der Waals surface area (Å²) < 4.78 is 18.6. The van der Waals surface area contributed by atoms with E-state index in [9.17, 15) is 18.8 Å². The predicted molar refractivity (Wildman–Crippen MR) is 136 cm³/mol. The number of amides is 2. The average molecular weight is 498 g/mol. The molecule has 0 fully saturated rings. The first-order valence-corrected chi connectivity index (χ1v) is 12.0.